The number of rotatable bonds is 5. The van der Waals surface area contributed by atoms with E-state index < -0.39 is 6.10 Å². The minimum absolute atomic E-state index is 0.239. The highest BCUT2D eigenvalue weighted by Gasteiger charge is 2.23. The van der Waals surface area contributed by atoms with E-state index in [1.165, 1.54) is 13.2 Å². The predicted octanol–water partition coefficient (Wildman–Crippen LogP) is 1.47. The molecule has 2 amide bonds. The number of hydrogen-bond acceptors (Lipinski definition) is 6. The maximum absolute atomic E-state index is 12.4. The number of carbonyl (C=O) groups excluding carboxylic acids is 2. The lowest BCUT2D eigenvalue weighted by Crippen LogP contribution is -2.45. The molecule has 1 aliphatic rings. The average Bonchev–Trinajstić information content (AvgIpc) is 2.70. The molecule has 0 unspecified atom stereocenters. The van der Waals surface area contributed by atoms with Crippen LogP contribution in [0.4, 0.5) is 5.69 Å². The number of nitrogens with zero attached hydrogens (tertiary/aromatic N) is 1. The van der Waals surface area contributed by atoms with Gasteiger partial charge in [-0.05, 0) is 30.7 Å². The lowest BCUT2D eigenvalue weighted by atomic mass is 10.2. The molecule has 142 valence electrons. The Balaban J connectivity index is 1.80. The van der Waals surface area contributed by atoms with E-state index in [-0.39, 0.29) is 17.5 Å². The number of amides is 2. The first-order valence-corrected chi connectivity index (χ1v) is 8.66. The summed E-state index contributed by atoms with van der Waals surface area (Å²) in [5.74, 6) is 0.373. The first-order chi connectivity index (χ1) is 13.1. The van der Waals surface area contributed by atoms with Gasteiger partial charge in [-0.2, -0.15) is 0 Å². The van der Waals surface area contributed by atoms with Crippen molar-refractivity contribution < 1.29 is 19.1 Å². The van der Waals surface area contributed by atoms with Crippen molar-refractivity contribution in [2.24, 2.45) is 0 Å². The second-order valence-corrected chi connectivity index (χ2v) is 6.11. The van der Waals surface area contributed by atoms with Crippen molar-refractivity contribution in [2.75, 3.05) is 32.1 Å². The smallest absolute Gasteiger partial charge is 0.269 e. The fourth-order valence-corrected chi connectivity index (χ4v) is 2.62. The number of aryl methyl sites for hydroxylation is 1. The van der Waals surface area contributed by atoms with E-state index in [2.05, 4.69) is 20.9 Å². The predicted molar refractivity (Wildman–Crippen MR) is 100 cm³/mol. The Labute approximate surface area is 157 Å². The van der Waals surface area contributed by atoms with Crippen molar-refractivity contribution in [1.82, 2.24) is 15.6 Å². The number of aromatic nitrogens is 1. The molecule has 1 aliphatic heterocycles. The highest BCUT2D eigenvalue weighted by molar-refractivity contribution is 5.96. The molecule has 1 aromatic heterocycles. The van der Waals surface area contributed by atoms with Crippen LogP contribution in [0.2, 0.25) is 0 Å². The van der Waals surface area contributed by atoms with Crippen molar-refractivity contribution in [3.63, 3.8) is 0 Å². The molecule has 1 saturated heterocycles. The van der Waals surface area contributed by atoms with Crippen molar-refractivity contribution in [3.05, 3.63) is 47.8 Å². The van der Waals surface area contributed by atoms with Crippen molar-refractivity contribution in [3.8, 4) is 11.5 Å². The van der Waals surface area contributed by atoms with Crippen LogP contribution in [0.5, 0.6) is 11.5 Å². The topological polar surface area (TPSA) is 102 Å². The molecule has 2 heterocycles. The van der Waals surface area contributed by atoms with Gasteiger partial charge in [-0.15, -0.1) is 0 Å². The first-order valence-electron chi connectivity index (χ1n) is 8.66. The summed E-state index contributed by atoms with van der Waals surface area (Å²) in [6.45, 7) is 3.62. The highest BCUT2D eigenvalue weighted by Crippen LogP contribution is 2.31. The molecule has 3 N–H and O–H groups in total. The second kappa shape index (κ2) is 8.61. The van der Waals surface area contributed by atoms with Crippen LogP contribution >= 0.6 is 0 Å². The number of benzene rings is 1. The molecule has 3 rings (SSSR count). The van der Waals surface area contributed by atoms with Crippen molar-refractivity contribution in [1.29, 1.82) is 0 Å². The zero-order valence-electron chi connectivity index (χ0n) is 15.2. The highest BCUT2D eigenvalue weighted by atomic mass is 16.5. The summed E-state index contributed by atoms with van der Waals surface area (Å²) in [4.78, 5) is 28.2. The zero-order chi connectivity index (χ0) is 19.2. The second-order valence-electron chi connectivity index (χ2n) is 6.11. The molecule has 0 bridgehead atoms. The van der Waals surface area contributed by atoms with Gasteiger partial charge in [-0.25, -0.2) is 0 Å². The third-order valence-electron chi connectivity index (χ3n) is 4.03. The number of ether oxygens (including phenoxy) is 2. The van der Waals surface area contributed by atoms with Crippen molar-refractivity contribution in [2.45, 2.75) is 13.0 Å². The van der Waals surface area contributed by atoms with Crippen LogP contribution in [0.25, 0.3) is 0 Å². The van der Waals surface area contributed by atoms with Gasteiger partial charge < -0.3 is 25.4 Å². The van der Waals surface area contributed by atoms with Gasteiger partial charge in [-0.1, -0.05) is 6.07 Å². The Morgan fingerprint density at radius 1 is 1.30 bits per heavy atom. The number of anilines is 1. The van der Waals surface area contributed by atoms with Gasteiger partial charge >= 0.3 is 0 Å². The summed E-state index contributed by atoms with van der Waals surface area (Å²) in [6.07, 6.45) is 0.948. The lowest BCUT2D eigenvalue weighted by molar-refractivity contribution is -0.128. The van der Waals surface area contributed by atoms with Gasteiger partial charge in [0.2, 0.25) is 0 Å². The standard InChI is InChI=1S/C19H22N4O4/c1-12-3-4-14(23-19(25)17-11-21-7-8-26-17)16(9-12)27-13-5-6-22-15(10-13)18(24)20-2/h3-6,9-10,17,21H,7-8,11H2,1-2H3,(H,20,24)(H,23,25)/t17-/m1/s1. The fraction of sp³-hybridized carbons (Fsp3) is 0.316. The molecule has 0 aliphatic carbocycles. The molecule has 1 atom stereocenters. The Morgan fingerprint density at radius 3 is 2.89 bits per heavy atom. The molecule has 1 fully saturated rings. The molecule has 0 spiro atoms. The Kier molecular flexibility index (Phi) is 6.00. The molecule has 0 saturated carbocycles. The number of nitrogens with one attached hydrogen (secondary N) is 3. The van der Waals surface area contributed by atoms with Gasteiger partial charge in [0.05, 0.1) is 12.3 Å². The minimum Gasteiger partial charge on any atom is -0.455 e. The monoisotopic (exact) mass is 370 g/mol. The van der Waals surface area contributed by atoms with Gasteiger partial charge in [0.25, 0.3) is 11.8 Å². The van der Waals surface area contributed by atoms with Crippen LogP contribution in [0.1, 0.15) is 16.1 Å². The summed E-state index contributed by atoms with van der Waals surface area (Å²) in [5.41, 5.74) is 1.74. The van der Waals surface area contributed by atoms with Crippen molar-refractivity contribution >= 4 is 17.5 Å². The number of carbonyl (C=O) groups is 2. The van der Waals surface area contributed by atoms with Crippen LogP contribution in [0.15, 0.2) is 36.5 Å². The minimum atomic E-state index is -0.548. The zero-order valence-corrected chi connectivity index (χ0v) is 15.2. The molecule has 2 aromatic rings. The Hall–Kier alpha value is -2.97. The summed E-state index contributed by atoms with van der Waals surface area (Å²) < 4.78 is 11.4. The summed E-state index contributed by atoms with van der Waals surface area (Å²) >= 11 is 0. The van der Waals surface area contributed by atoms with Gasteiger partial charge in [0.1, 0.15) is 17.5 Å². The Morgan fingerprint density at radius 2 is 2.15 bits per heavy atom. The normalized spacial score (nSPS) is 16.4. The van der Waals surface area contributed by atoms with Crippen LogP contribution in [0, 0.1) is 6.92 Å². The number of pyridine rings is 1. The maximum Gasteiger partial charge on any atom is 0.269 e. The molecule has 27 heavy (non-hydrogen) atoms. The SMILES string of the molecule is CNC(=O)c1cc(Oc2cc(C)ccc2NC(=O)[C@H]2CNCCO2)ccn1. The van der Waals surface area contributed by atoms with E-state index in [1.54, 1.807) is 18.2 Å². The third kappa shape index (κ3) is 4.81. The molecule has 8 heteroatoms. The van der Waals surface area contributed by atoms with Crippen LogP contribution < -0.4 is 20.7 Å². The van der Waals surface area contributed by atoms with E-state index in [9.17, 15) is 9.59 Å². The largest absolute Gasteiger partial charge is 0.455 e. The molecular formula is C19H22N4O4. The van der Waals surface area contributed by atoms with E-state index in [4.69, 9.17) is 9.47 Å². The summed E-state index contributed by atoms with van der Waals surface area (Å²) in [5, 5.41) is 8.50. The van der Waals surface area contributed by atoms with Crippen LogP contribution in [0.3, 0.4) is 0 Å². The number of hydrogen-bond donors (Lipinski definition) is 3. The molecular weight excluding hydrogens is 348 g/mol. The maximum atomic E-state index is 12.4. The Bertz CT molecular complexity index is 834. The fourth-order valence-electron chi connectivity index (χ4n) is 2.62. The van der Waals surface area contributed by atoms with Crippen LogP contribution in [-0.4, -0.2) is 49.6 Å². The molecule has 1 aromatic carbocycles. The quantitative estimate of drug-likeness (QED) is 0.737. The van der Waals surface area contributed by atoms with Crippen LogP contribution in [-0.2, 0) is 9.53 Å². The summed E-state index contributed by atoms with van der Waals surface area (Å²) in [7, 11) is 1.54. The first kappa shape index (κ1) is 18.8. The van der Waals surface area contributed by atoms with Gasteiger partial charge in [0.15, 0.2) is 5.75 Å². The van der Waals surface area contributed by atoms with E-state index >= 15 is 0 Å². The summed E-state index contributed by atoms with van der Waals surface area (Å²) in [6, 6.07) is 8.66. The van der Waals surface area contributed by atoms with E-state index in [0.717, 1.165) is 12.1 Å². The number of morpholine rings is 1. The third-order valence-corrected chi connectivity index (χ3v) is 4.03. The molecule has 0 radical (unpaired) electrons. The van der Waals surface area contributed by atoms with E-state index in [1.807, 2.05) is 19.1 Å². The van der Waals surface area contributed by atoms with Gasteiger partial charge in [-0.3, -0.25) is 14.6 Å². The lowest BCUT2D eigenvalue weighted by Gasteiger charge is -2.23. The van der Waals surface area contributed by atoms with E-state index in [0.29, 0.717) is 30.3 Å². The molecule has 8 nitrogen and oxygen atoms in total. The average molecular weight is 370 g/mol. The van der Waals surface area contributed by atoms with Gasteiger partial charge in [0, 0.05) is 32.4 Å².